The molecule has 0 unspecified atom stereocenters. The first-order valence-corrected chi connectivity index (χ1v) is 15.0. The van der Waals surface area contributed by atoms with Gasteiger partial charge in [0.15, 0.2) is 11.1 Å². The monoisotopic (exact) mass is 617 g/mol. The first-order chi connectivity index (χ1) is 22.5. The molecule has 13 heteroatoms. The second-order valence-electron chi connectivity index (χ2n) is 11.2. The second kappa shape index (κ2) is 12.7. The standard InChI is InChI=1S/C33H32FN11O/c34-25-12-7-13-26(18-25)39-33(46)43-16-14-42(15-17-43)29(23-8-3-1-4-9-23)30(24-10-5-2-6-11-24)45-20-27(40-41-45)19-44-22-38-31(35)28-32(44)37-21-36-28/h1-13,18,20-22,29-30,35H,14-17,19H2,(H,36,37)(H,39,46)/t29-,30+/m0/s1. The summed E-state index contributed by atoms with van der Waals surface area (Å²) < 4.78 is 17.5. The summed E-state index contributed by atoms with van der Waals surface area (Å²) in [6.45, 7) is 2.64. The van der Waals surface area contributed by atoms with Crippen LogP contribution >= 0.6 is 0 Å². The smallest absolute Gasteiger partial charge is 0.321 e. The van der Waals surface area contributed by atoms with Crippen LogP contribution in [0.5, 0.6) is 0 Å². The Morgan fingerprint density at radius 1 is 0.913 bits per heavy atom. The molecule has 232 valence electrons. The molecule has 3 N–H and O–H groups in total. The van der Waals surface area contributed by atoms with Gasteiger partial charge in [-0.05, 0) is 29.3 Å². The molecule has 12 nitrogen and oxygen atoms in total. The Hall–Kier alpha value is -5.69. The van der Waals surface area contributed by atoms with E-state index in [9.17, 15) is 9.18 Å². The average molecular weight is 618 g/mol. The number of rotatable bonds is 8. The van der Waals surface area contributed by atoms with Gasteiger partial charge < -0.3 is 19.8 Å². The SMILES string of the molecule is N=c1ncn(Cc2cn([C@H](c3ccccc3)[C@H](c3ccccc3)N3CCN(C(=O)Nc4cccc(F)c4)CC3)nn2)c2nc[nH]c12. The molecule has 4 heterocycles. The fourth-order valence-corrected chi connectivity index (χ4v) is 6.08. The molecule has 0 radical (unpaired) electrons. The maximum Gasteiger partial charge on any atom is 0.321 e. The molecule has 2 atom stereocenters. The molecule has 0 bridgehead atoms. The zero-order valence-corrected chi connectivity index (χ0v) is 24.9. The Bertz CT molecular complexity index is 2000. The Morgan fingerprint density at radius 2 is 1.63 bits per heavy atom. The number of benzene rings is 3. The molecule has 1 aliphatic heterocycles. The molecule has 46 heavy (non-hydrogen) atoms. The lowest BCUT2D eigenvalue weighted by atomic mass is 9.91. The summed E-state index contributed by atoms with van der Waals surface area (Å²) in [5.41, 5.74) is 4.66. The van der Waals surface area contributed by atoms with Crippen LogP contribution < -0.4 is 10.8 Å². The van der Waals surface area contributed by atoms with Gasteiger partial charge in [0.1, 0.15) is 17.0 Å². The quantitative estimate of drug-likeness (QED) is 0.234. The number of amides is 2. The number of urea groups is 1. The maximum atomic E-state index is 13.7. The highest BCUT2D eigenvalue weighted by molar-refractivity contribution is 5.89. The number of nitrogens with one attached hydrogen (secondary N) is 3. The summed E-state index contributed by atoms with van der Waals surface area (Å²) in [5, 5.41) is 20.1. The van der Waals surface area contributed by atoms with Gasteiger partial charge in [-0.15, -0.1) is 5.10 Å². The Kier molecular flexibility index (Phi) is 8.04. The number of aromatic amines is 1. The third-order valence-electron chi connectivity index (χ3n) is 8.28. The van der Waals surface area contributed by atoms with Gasteiger partial charge in [0.05, 0.1) is 37.5 Å². The molecular weight excluding hydrogens is 585 g/mol. The number of fused-ring (bicyclic) bond motifs is 1. The van der Waals surface area contributed by atoms with Crippen molar-refractivity contribution >= 4 is 22.9 Å². The Balaban J connectivity index is 1.18. The van der Waals surface area contributed by atoms with Crippen molar-refractivity contribution in [1.29, 1.82) is 5.41 Å². The van der Waals surface area contributed by atoms with Crippen molar-refractivity contribution in [3.63, 3.8) is 0 Å². The van der Waals surface area contributed by atoms with E-state index in [0.29, 0.717) is 49.6 Å². The van der Waals surface area contributed by atoms with Crippen molar-refractivity contribution < 1.29 is 9.18 Å². The first-order valence-electron chi connectivity index (χ1n) is 15.0. The number of H-pyrrole nitrogens is 1. The predicted octanol–water partition coefficient (Wildman–Crippen LogP) is 4.20. The highest BCUT2D eigenvalue weighted by Gasteiger charge is 2.35. The number of halogens is 1. The number of carbonyl (C=O) groups excluding carboxylic acids is 1. The summed E-state index contributed by atoms with van der Waals surface area (Å²) >= 11 is 0. The number of carbonyl (C=O) groups is 1. The highest BCUT2D eigenvalue weighted by atomic mass is 19.1. The summed E-state index contributed by atoms with van der Waals surface area (Å²) in [4.78, 5) is 28.8. The van der Waals surface area contributed by atoms with Gasteiger partial charge in [0.2, 0.25) is 0 Å². The molecule has 0 aliphatic carbocycles. The number of nitrogens with zero attached hydrogens (tertiary/aromatic N) is 8. The van der Waals surface area contributed by atoms with Crippen LogP contribution in [0.25, 0.3) is 11.2 Å². The van der Waals surface area contributed by atoms with E-state index >= 15 is 0 Å². The molecular formula is C33H32FN11O. The molecule has 7 rings (SSSR count). The zero-order chi connectivity index (χ0) is 31.5. The number of aromatic nitrogens is 7. The number of hydrogen-bond acceptors (Lipinski definition) is 7. The highest BCUT2D eigenvalue weighted by Crippen LogP contribution is 2.37. The minimum absolute atomic E-state index is 0.124. The summed E-state index contributed by atoms with van der Waals surface area (Å²) in [7, 11) is 0. The normalized spacial score (nSPS) is 15.1. The van der Waals surface area contributed by atoms with Crippen LogP contribution in [-0.2, 0) is 6.54 Å². The van der Waals surface area contributed by atoms with E-state index in [0.717, 1.165) is 16.8 Å². The van der Waals surface area contributed by atoms with Gasteiger partial charge in [0, 0.05) is 31.9 Å². The third-order valence-corrected chi connectivity index (χ3v) is 8.28. The summed E-state index contributed by atoms with van der Waals surface area (Å²) in [6.07, 6.45) is 5.10. The van der Waals surface area contributed by atoms with Crippen molar-refractivity contribution in [1.82, 2.24) is 44.3 Å². The summed E-state index contributed by atoms with van der Waals surface area (Å²) in [5.74, 6) is -0.396. The van der Waals surface area contributed by atoms with Gasteiger partial charge in [0.25, 0.3) is 0 Å². The topological polar surface area (TPSA) is 137 Å². The number of imidazole rings is 1. The predicted molar refractivity (Wildman–Crippen MR) is 169 cm³/mol. The minimum atomic E-state index is -0.396. The Labute approximate surface area is 263 Å². The van der Waals surface area contributed by atoms with Crippen LogP contribution in [0.1, 0.15) is 28.9 Å². The molecule has 2 amide bonds. The number of anilines is 1. The largest absolute Gasteiger partial charge is 0.340 e. The molecule has 1 saturated heterocycles. The van der Waals surface area contributed by atoms with E-state index in [1.807, 2.05) is 51.8 Å². The van der Waals surface area contributed by atoms with Crippen molar-refractivity contribution in [2.24, 2.45) is 0 Å². The lowest BCUT2D eigenvalue weighted by Crippen LogP contribution is -2.52. The molecule has 0 saturated carbocycles. The van der Waals surface area contributed by atoms with Crippen LogP contribution in [0.15, 0.2) is 104 Å². The second-order valence-corrected chi connectivity index (χ2v) is 11.2. The lowest BCUT2D eigenvalue weighted by molar-refractivity contribution is 0.0910. The number of piperazine rings is 1. The lowest BCUT2D eigenvalue weighted by Gasteiger charge is -2.42. The van der Waals surface area contributed by atoms with Gasteiger partial charge in [-0.3, -0.25) is 10.3 Å². The summed E-state index contributed by atoms with van der Waals surface area (Å²) in [6, 6.07) is 25.9. The van der Waals surface area contributed by atoms with Crippen molar-refractivity contribution in [2.75, 3.05) is 31.5 Å². The third kappa shape index (κ3) is 6.00. The molecule has 6 aromatic rings. The van der Waals surface area contributed by atoms with E-state index < -0.39 is 5.82 Å². The molecule has 1 fully saturated rings. The van der Waals surface area contributed by atoms with Crippen molar-refractivity contribution in [3.8, 4) is 0 Å². The minimum Gasteiger partial charge on any atom is -0.340 e. The van der Waals surface area contributed by atoms with Gasteiger partial charge in [-0.2, -0.15) is 0 Å². The van der Waals surface area contributed by atoms with Gasteiger partial charge in [-0.1, -0.05) is 71.9 Å². The average Bonchev–Trinajstić information content (AvgIpc) is 3.77. The fraction of sp³-hybridized carbons (Fsp3) is 0.212. The van der Waals surface area contributed by atoms with Crippen LogP contribution in [0.2, 0.25) is 0 Å². The number of hydrogen-bond donors (Lipinski definition) is 3. The maximum absolute atomic E-state index is 13.7. The van der Waals surface area contributed by atoms with Crippen LogP contribution in [0.3, 0.4) is 0 Å². The fourth-order valence-electron chi connectivity index (χ4n) is 6.08. The van der Waals surface area contributed by atoms with Crippen LogP contribution in [0.4, 0.5) is 14.9 Å². The Morgan fingerprint density at radius 3 is 2.35 bits per heavy atom. The van der Waals surface area contributed by atoms with Crippen LogP contribution in [-0.4, -0.2) is 76.5 Å². The van der Waals surface area contributed by atoms with Crippen molar-refractivity contribution in [2.45, 2.75) is 18.6 Å². The van der Waals surface area contributed by atoms with E-state index in [-0.39, 0.29) is 23.6 Å². The van der Waals surface area contributed by atoms with E-state index in [2.05, 4.69) is 59.7 Å². The molecule has 0 spiro atoms. The van der Waals surface area contributed by atoms with E-state index in [1.54, 1.807) is 29.7 Å². The van der Waals surface area contributed by atoms with Crippen LogP contribution in [0, 0.1) is 11.2 Å². The van der Waals surface area contributed by atoms with Gasteiger partial charge in [-0.25, -0.2) is 23.8 Å². The molecule has 3 aromatic heterocycles. The van der Waals surface area contributed by atoms with Gasteiger partial charge >= 0.3 is 6.03 Å². The first kappa shape index (κ1) is 29.0. The molecule has 1 aliphatic rings. The van der Waals surface area contributed by atoms with E-state index in [4.69, 9.17) is 5.41 Å². The van der Waals surface area contributed by atoms with E-state index in [1.165, 1.54) is 12.1 Å². The molecule has 3 aromatic carbocycles. The van der Waals surface area contributed by atoms with Crippen molar-refractivity contribution in [3.05, 3.63) is 132 Å². The zero-order valence-electron chi connectivity index (χ0n) is 24.9.